The number of hydrogen-bond donors (Lipinski definition) is 1. The maximum absolute atomic E-state index is 13.0. The van der Waals surface area contributed by atoms with E-state index in [1.807, 2.05) is 60.0 Å². The lowest BCUT2D eigenvalue weighted by molar-refractivity contribution is -0.384. The molecule has 4 aromatic carbocycles. The topological polar surface area (TPSA) is 94.4 Å². The minimum atomic E-state index is -0.684. The lowest BCUT2D eigenvalue weighted by Crippen LogP contribution is -2.36. The van der Waals surface area contributed by atoms with Crippen molar-refractivity contribution in [2.75, 3.05) is 18.2 Å². The van der Waals surface area contributed by atoms with Crippen molar-refractivity contribution in [3.05, 3.63) is 147 Å². The van der Waals surface area contributed by atoms with Crippen molar-refractivity contribution in [3.63, 3.8) is 0 Å². The number of anilines is 1. The number of nitrogens with zero attached hydrogens (tertiary/aromatic N) is 2. The van der Waals surface area contributed by atoms with Crippen LogP contribution in [-0.2, 0) is 14.3 Å². The number of aromatic nitrogens is 1. The minimum Gasteiger partial charge on any atom is -0.467 e. The van der Waals surface area contributed by atoms with Crippen LogP contribution in [0.25, 0.3) is 11.3 Å². The van der Waals surface area contributed by atoms with Crippen LogP contribution in [0.4, 0.5) is 10.8 Å². The molecule has 1 heterocycles. The number of nitro groups is 1. The van der Waals surface area contributed by atoms with E-state index in [1.54, 1.807) is 23.9 Å². The highest BCUT2D eigenvalue weighted by Gasteiger charge is 2.38. The zero-order chi connectivity index (χ0) is 28.7. The molecule has 0 saturated carbocycles. The number of thioether (sulfide) groups is 1. The third-order valence-electron chi connectivity index (χ3n) is 6.67. The second kappa shape index (κ2) is 12.8. The van der Waals surface area contributed by atoms with Gasteiger partial charge >= 0.3 is 5.97 Å². The lowest BCUT2D eigenvalue weighted by atomic mass is 9.84. The average molecular weight is 582 g/mol. The number of carbonyl (C=O) groups is 1. The molecule has 9 heteroatoms. The molecule has 0 aliphatic rings. The zero-order valence-corrected chi connectivity index (χ0v) is 23.8. The van der Waals surface area contributed by atoms with Crippen LogP contribution in [0.2, 0.25) is 0 Å². The Morgan fingerprint density at radius 3 is 1.88 bits per heavy atom. The molecule has 1 atom stereocenters. The smallest absolute Gasteiger partial charge is 0.329 e. The van der Waals surface area contributed by atoms with Gasteiger partial charge in [0.2, 0.25) is 0 Å². The summed E-state index contributed by atoms with van der Waals surface area (Å²) in [7, 11) is 1.38. The Bertz CT molecular complexity index is 1500. The Morgan fingerprint density at radius 1 is 0.902 bits per heavy atom. The van der Waals surface area contributed by atoms with Crippen molar-refractivity contribution in [1.82, 2.24) is 4.98 Å². The van der Waals surface area contributed by atoms with Crippen molar-refractivity contribution < 1.29 is 14.5 Å². The minimum absolute atomic E-state index is 0.0174. The number of non-ortho nitro benzene ring substituents is 1. The summed E-state index contributed by atoms with van der Waals surface area (Å²) in [6.07, 6.45) is 0. The summed E-state index contributed by atoms with van der Waals surface area (Å²) in [6, 6.07) is 36.4. The van der Waals surface area contributed by atoms with E-state index >= 15 is 0 Å². The van der Waals surface area contributed by atoms with Gasteiger partial charge in [-0.25, -0.2) is 9.78 Å². The SMILES string of the molecule is COC(=O)[C@H](CSC(c1ccccc1)(c1ccccc1)c1ccccc1)Nc1nc(-c2ccc([N+](=O)[O-])cc2)cs1. The van der Waals surface area contributed by atoms with Crippen molar-refractivity contribution >= 4 is 39.9 Å². The summed E-state index contributed by atoms with van der Waals surface area (Å²) in [5.41, 5.74) is 4.72. The molecular formula is C32H27N3O4S2. The number of methoxy groups -OCH3 is 1. The number of hydrogen-bond acceptors (Lipinski definition) is 8. The third-order valence-corrected chi connectivity index (χ3v) is 9.08. The van der Waals surface area contributed by atoms with E-state index in [1.165, 1.54) is 30.6 Å². The Hall–Kier alpha value is -4.47. The maximum atomic E-state index is 13.0. The normalized spacial score (nSPS) is 11.9. The molecule has 41 heavy (non-hydrogen) atoms. The molecule has 0 saturated heterocycles. The van der Waals surface area contributed by atoms with Crippen molar-refractivity contribution in [2.24, 2.45) is 0 Å². The van der Waals surface area contributed by atoms with E-state index in [0.29, 0.717) is 16.6 Å². The van der Waals surface area contributed by atoms with Crippen LogP contribution in [0.5, 0.6) is 0 Å². The molecule has 0 spiro atoms. The van der Waals surface area contributed by atoms with Gasteiger partial charge in [0.15, 0.2) is 5.13 Å². The number of rotatable bonds is 11. The number of ether oxygens (including phenoxy) is 1. The molecule has 1 N–H and O–H groups in total. The first-order valence-corrected chi connectivity index (χ1v) is 14.7. The first kappa shape index (κ1) is 28.1. The standard InChI is InChI=1S/C32H27N3O4S2/c1-39-30(36)29(34-31-33-28(21-40-31)23-17-19-27(20-18-23)35(37)38)22-41-32(24-11-5-2-6-12-24,25-13-7-3-8-14-25)26-15-9-4-10-16-26/h2-21,29H,22H2,1H3,(H,33,34)/t29-/m0/s1. The predicted molar refractivity (Wildman–Crippen MR) is 165 cm³/mol. The summed E-state index contributed by atoms with van der Waals surface area (Å²) in [5.74, 6) is -0.00897. The van der Waals surface area contributed by atoms with Gasteiger partial charge in [-0.05, 0) is 28.8 Å². The summed E-state index contributed by atoms with van der Waals surface area (Å²) < 4.78 is 4.60. The van der Waals surface area contributed by atoms with Gasteiger partial charge in [-0.2, -0.15) is 0 Å². The van der Waals surface area contributed by atoms with Crippen LogP contribution >= 0.6 is 23.1 Å². The highest BCUT2D eigenvalue weighted by Crippen LogP contribution is 2.48. The summed E-state index contributed by atoms with van der Waals surface area (Å²) >= 11 is 3.02. The van der Waals surface area contributed by atoms with Crippen molar-refractivity contribution in [1.29, 1.82) is 0 Å². The highest BCUT2D eigenvalue weighted by atomic mass is 32.2. The van der Waals surface area contributed by atoms with Gasteiger partial charge in [0, 0.05) is 28.8 Å². The van der Waals surface area contributed by atoms with Crippen LogP contribution in [-0.4, -0.2) is 34.8 Å². The number of carbonyl (C=O) groups excluding carboxylic acids is 1. The van der Waals surface area contributed by atoms with Gasteiger partial charge in [0.1, 0.15) is 6.04 Å². The molecule has 7 nitrogen and oxygen atoms in total. The van der Waals surface area contributed by atoms with Crippen molar-refractivity contribution in [3.8, 4) is 11.3 Å². The van der Waals surface area contributed by atoms with Gasteiger partial charge in [0.05, 0.1) is 22.5 Å². The highest BCUT2D eigenvalue weighted by molar-refractivity contribution is 8.00. The second-order valence-electron chi connectivity index (χ2n) is 9.15. The molecule has 0 unspecified atom stereocenters. The van der Waals surface area contributed by atoms with Gasteiger partial charge in [-0.3, -0.25) is 10.1 Å². The van der Waals surface area contributed by atoms with Gasteiger partial charge in [0.25, 0.3) is 5.69 Å². The number of thiazole rings is 1. The van der Waals surface area contributed by atoms with Gasteiger partial charge < -0.3 is 10.1 Å². The van der Waals surface area contributed by atoms with Crippen LogP contribution in [0.1, 0.15) is 16.7 Å². The monoisotopic (exact) mass is 581 g/mol. The van der Waals surface area contributed by atoms with Crippen LogP contribution < -0.4 is 5.32 Å². The van der Waals surface area contributed by atoms with E-state index < -0.39 is 21.7 Å². The van der Waals surface area contributed by atoms with Crippen LogP contribution in [0.3, 0.4) is 0 Å². The molecule has 0 fully saturated rings. The van der Waals surface area contributed by atoms with E-state index in [-0.39, 0.29) is 5.69 Å². The van der Waals surface area contributed by atoms with Gasteiger partial charge in [-0.1, -0.05) is 91.0 Å². The fraction of sp³-hybridized carbons (Fsp3) is 0.125. The number of benzene rings is 4. The molecule has 5 aromatic rings. The fourth-order valence-electron chi connectivity index (χ4n) is 4.66. The third kappa shape index (κ3) is 6.16. The Labute approximate surface area is 246 Å². The van der Waals surface area contributed by atoms with Gasteiger partial charge in [-0.15, -0.1) is 23.1 Å². The Balaban J connectivity index is 1.47. The number of nitro benzene ring substituents is 1. The molecule has 0 aliphatic carbocycles. The number of nitrogens with one attached hydrogen (secondary N) is 1. The quantitative estimate of drug-likeness (QED) is 0.0752. The zero-order valence-electron chi connectivity index (χ0n) is 22.2. The summed E-state index contributed by atoms with van der Waals surface area (Å²) in [5, 5.41) is 16.7. The molecule has 5 rings (SSSR count). The first-order chi connectivity index (χ1) is 20.0. The van der Waals surface area contributed by atoms with Crippen LogP contribution in [0, 0.1) is 10.1 Å². The summed E-state index contributed by atoms with van der Waals surface area (Å²) in [4.78, 5) is 28.3. The maximum Gasteiger partial charge on any atom is 0.329 e. The largest absolute Gasteiger partial charge is 0.467 e. The fourth-order valence-corrected chi connectivity index (χ4v) is 6.98. The molecule has 0 bridgehead atoms. The van der Waals surface area contributed by atoms with E-state index in [9.17, 15) is 14.9 Å². The molecule has 206 valence electrons. The molecule has 0 aliphatic heterocycles. The summed E-state index contributed by atoms with van der Waals surface area (Å²) in [6.45, 7) is 0. The first-order valence-electron chi connectivity index (χ1n) is 12.9. The Kier molecular flexibility index (Phi) is 8.76. The molecule has 0 amide bonds. The van der Waals surface area contributed by atoms with Crippen molar-refractivity contribution in [2.45, 2.75) is 10.8 Å². The number of esters is 1. The van der Waals surface area contributed by atoms with E-state index in [2.05, 4.69) is 46.7 Å². The van der Waals surface area contributed by atoms with E-state index in [0.717, 1.165) is 22.3 Å². The molecule has 1 aromatic heterocycles. The Morgan fingerprint density at radius 2 is 1.41 bits per heavy atom. The van der Waals surface area contributed by atoms with Crippen LogP contribution in [0.15, 0.2) is 121 Å². The predicted octanol–water partition coefficient (Wildman–Crippen LogP) is 7.40. The lowest BCUT2D eigenvalue weighted by Gasteiger charge is -2.36. The second-order valence-corrected chi connectivity index (χ2v) is 11.2. The average Bonchev–Trinajstić information content (AvgIpc) is 3.50. The molecule has 0 radical (unpaired) electrons. The molecular weight excluding hydrogens is 555 g/mol. The van der Waals surface area contributed by atoms with E-state index in [4.69, 9.17) is 4.74 Å².